The van der Waals surface area contributed by atoms with Gasteiger partial charge in [0.2, 0.25) is 0 Å². The number of carbonyl (C=O) groups excluding carboxylic acids is 1. The first-order chi connectivity index (χ1) is 15.7. The lowest BCUT2D eigenvalue weighted by molar-refractivity contribution is -0.384. The van der Waals surface area contributed by atoms with Gasteiger partial charge in [-0.25, -0.2) is 13.8 Å². The topological polar surface area (TPSA) is 122 Å². The predicted octanol–water partition coefficient (Wildman–Crippen LogP) is 3.94. The molecule has 11 heteroatoms. The highest BCUT2D eigenvalue weighted by atomic mass is 127. The summed E-state index contributed by atoms with van der Waals surface area (Å²) in [6.45, 7) is 1.09. The number of nitrogens with one attached hydrogen (secondary N) is 1. The van der Waals surface area contributed by atoms with Crippen molar-refractivity contribution in [3.63, 3.8) is 0 Å². The van der Waals surface area contributed by atoms with Crippen molar-refractivity contribution < 1.29 is 18.1 Å². The fraction of sp³-hybridized carbons (Fsp3) is 0.0909. The van der Waals surface area contributed by atoms with Gasteiger partial charge in [0, 0.05) is 15.7 Å². The maximum absolute atomic E-state index is 13.3. The number of non-ortho nitro benzene ring substituents is 1. The number of amides is 1. The quantitative estimate of drug-likeness (QED) is 0.188. The molecule has 0 fully saturated rings. The molecule has 3 aromatic rings. The van der Waals surface area contributed by atoms with Crippen LogP contribution in [-0.2, 0) is 14.8 Å². The lowest BCUT2D eigenvalue weighted by atomic mass is 10.1. The summed E-state index contributed by atoms with van der Waals surface area (Å²) >= 11 is 2.17. The molecule has 1 amide bonds. The van der Waals surface area contributed by atoms with E-state index in [4.69, 9.17) is 0 Å². The van der Waals surface area contributed by atoms with Crippen molar-refractivity contribution in [2.24, 2.45) is 5.10 Å². The van der Waals surface area contributed by atoms with Crippen molar-refractivity contribution in [1.82, 2.24) is 5.43 Å². The molecule has 0 unspecified atom stereocenters. The predicted molar refractivity (Wildman–Crippen MR) is 134 cm³/mol. The molecule has 3 aromatic carbocycles. The summed E-state index contributed by atoms with van der Waals surface area (Å²) in [4.78, 5) is 23.2. The molecule has 0 radical (unpaired) electrons. The first-order valence-corrected chi connectivity index (χ1v) is 12.1. The number of nitrogens with zero attached hydrogens (tertiary/aromatic N) is 3. The van der Waals surface area contributed by atoms with E-state index >= 15 is 0 Å². The first-order valence-electron chi connectivity index (χ1n) is 9.60. The number of hydrazone groups is 1. The van der Waals surface area contributed by atoms with E-state index in [1.807, 2.05) is 24.3 Å². The fourth-order valence-electron chi connectivity index (χ4n) is 2.86. The van der Waals surface area contributed by atoms with Gasteiger partial charge < -0.3 is 0 Å². The summed E-state index contributed by atoms with van der Waals surface area (Å²) in [5, 5.41) is 15.2. The largest absolute Gasteiger partial charge is 0.271 e. The van der Waals surface area contributed by atoms with Crippen molar-refractivity contribution in [3.05, 3.63) is 98.1 Å². The average Bonchev–Trinajstić information content (AvgIpc) is 2.82. The zero-order valence-electron chi connectivity index (χ0n) is 17.4. The second-order valence-corrected chi connectivity index (χ2v) is 9.95. The van der Waals surface area contributed by atoms with E-state index in [1.54, 1.807) is 25.1 Å². The standard InChI is InChI=1S/C22H19IN4O5S/c1-16(17-10-12-18(23)13-11-17)24-25-22(28)15-26(19-6-5-7-20(14-19)27(29)30)33(31,32)21-8-3-2-4-9-21/h2-14H,15H2,1H3,(H,25,28)/b24-16-. The molecule has 170 valence electrons. The van der Waals surface area contributed by atoms with Crippen molar-refractivity contribution >= 4 is 55.6 Å². The van der Waals surface area contributed by atoms with E-state index < -0.39 is 27.4 Å². The van der Waals surface area contributed by atoms with Gasteiger partial charge in [-0.1, -0.05) is 36.4 Å². The van der Waals surface area contributed by atoms with E-state index in [2.05, 4.69) is 33.1 Å². The van der Waals surface area contributed by atoms with Crippen LogP contribution in [0, 0.1) is 13.7 Å². The normalized spacial score (nSPS) is 11.6. The average molecular weight is 578 g/mol. The van der Waals surface area contributed by atoms with Gasteiger partial charge in [-0.05, 0) is 65.4 Å². The number of anilines is 1. The van der Waals surface area contributed by atoms with E-state index in [1.165, 1.54) is 30.3 Å². The molecule has 33 heavy (non-hydrogen) atoms. The maximum atomic E-state index is 13.3. The zero-order chi connectivity index (χ0) is 24.0. The molecule has 9 nitrogen and oxygen atoms in total. The molecule has 0 saturated carbocycles. The molecule has 0 aliphatic rings. The number of sulfonamides is 1. The van der Waals surface area contributed by atoms with Gasteiger partial charge in [-0.2, -0.15) is 5.10 Å². The lowest BCUT2D eigenvalue weighted by Crippen LogP contribution is -2.39. The number of nitro groups is 1. The summed E-state index contributed by atoms with van der Waals surface area (Å²) in [7, 11) is -4.19. The Kier molecular flexibility index (Phi) is 7.76. The van der Waals surface area contributed by atoms with Crippen LogP contribution in [-0.4, -0.2) is 31.5 Å². The van der Waals surface area contributed by atoms with Crippen LogP contribution in [0.3, 0.4) is 0 Å². The fourth-order valence-corrected chi connectivity index (χ4v) is 4.66. The Bertz CT molecular complexity index is 1300. The number of rotatable bonds is 8. The van der Waals surface area contributed by atoms with Crippen molar-refractivity contribution in [2.45, 2.75) is 11.8 Å². The summed E-state index contributed by atoms with van der Waals surface area (Å²) in [6.07, 6.45) is 0. The molecule has 0 aliphatic heterocycles. The minimum Gasteiger partial charge on any atom is -0.271 e. The molecule has 3 rings (SSSR count). The third kappa shape index (κ3) is 6.14. The third-order valence-corrected chi connectivity index (χ3v) is 7.06. The van der Waals surface area contributed by atoms with Gasteiger partial charge in [-0.15, -0.1) is 0 Å². The first kappa shape index (κ1) is 24.3. The van der Waals surface area contributed by atoms with Crippen LogP contribution in [0.4, 0.5) is 11.4 Å². The van der Waals surface area contributed by atoms with Crippen LogP contribution in [0.5, 0.6) is 0 Å². The zero-order valence-corrected chi connectivity index (χ0v) is 20.4. The molecule has 0 atom stereocenters. The van der Waals surface area contributed by atoms with Crippen LogP contribution in [0.15, 0.2) is 88.9 Å². The minimum absolute atomic E-state index is 0.0125. The van der Waals surface area contributed by atoms with Gasteiger partial charge in [0.25, 0.3) is 21.6 Å². The van der Waals surface area contributed by atoms with Crippen LogP contribution in [0.25, 0.3) is 0 Å². The summed E-state index contributed by atoms with van der Waals surface area (Å²) in [5.74, 6) is -0.703. The Hall–Kier alpha value is -3.32. The Morgan fingerprint density at radius 1 is 1.06 bits per heavy atom. The van der Waals surface area contributed by atoms with Crippen molar-refractivity contribution in [2.75, 3.05) is 10.8 Å². The number of halogens is 1. The molecule has 0 aromatic heterocycles. The maximum Gasteiger partial charge on any atom is 0.271 e. The van der Waals surface area contributed by atoms with E-state index in [-0.39, 0.29) is 16.3 Å². The number of nitro benzene ring substituents is 1. The highest BCUT2D eigenvalue weighted by molar-refractivity contribution is 14.1. The van der Waals surface area contributed by atoms with E-state index in [0.29, 0.717) is 5.71 Å². The minimum atomic E-state index is -4.19. The molecule has 0 aliphatic carbocycles. The SMILES string of the molecule is C/C(=N/NC(=O)CN(c1cccc([N+](=O)[O-])c1)S(=O)(=O)c1ccccc1)c1ccc(I)cc1. The number of hydrogen-bond donors (Lipinski definition) is 1. The third-order valence-electron chi connectivity index (χ3n) is 4.56. The Labute approximate surface area is 204 Å². The molecular formula is C22H19IN4O5S. The summed E-state index contributed by atoms with van der Waals surface area (Å²) in [6, 6.07) is 20.1. The second kappa shape index (κ2) is 10.5. The monoisotopic (exact) mass is 578 g/mol. The lowest BCUT2D eigenvalue weighted by Gasteiger charge is -2.23. The van der Waals surface area contributed by atoms with E-state index in [0.717, 1.165) is 19.5 Å². The number of benzene rings is 3. The Morgan fingerprint density at radius 2 is 1.73 bits per heavy atom. The van der Waals surface area contributed by atoms with Gasteiger partial charge in [0.05, 0.1) is 21.2 Å². The van der Waals surface area contributed by atoms with Crippen LogP contribution in [0.2, 0.25) is 0 Å². The molecule has 0 spiro atoms. The molecule has 0 bridgehead atoms. The van der Waals surface area contributed by atoms with Crippen LogP contribution in [0.1, 0.15) is 12.5 Å². The van der Waals surface area contributed by atoms with Gasteiger partial charge in [0.1, 0.15) is 6.54 Å². The van der Waals surface area contributed by atoms with Gasteiger partial charge >= 0.3 is 0 Å². The van der Waals surface area contributed by atoms with Crippen LogP contribution >= 0.6 is 22.6 Å². The second-order valence-electron chi connectivity index (χ2n) is 6.84. The van der Waals surface area contributed by atoms with Crippen molar-refractivity contribution in [1.29, 1.82) is 0 Å². The van der Waals surface area contributed by atoms with Gasteiger partial charge in [-0.3, -0.25) is 19.2 Å². The molecular weight excluding hydrogens is 559 g/mol. The molecule has 0 heterocycles. The summed E-state index contributed by atoms with van der Waals surface area (Å²) in [5.41, 5.74) is 3.38. The number of carbonyl (C=O) groups is 1. The van der Waals surface area contributed by atoms with Crippen molar-refractivity contribution in [3.8, 4) is 0 Å². The highest BCUT2D eigenvalue weighted by Gasteiger charge is 2.28. The Balaban J connectivity index is 1.90. The number of hydrogen-bond acceptors (Lipinski definition) is 6. The highest BCUT2D eigenvalue weighted by Crippen LogP contribution is 2.26. The molecule has 0 saturated heterocycles. The summed E-state index contributed by atoms with van der Waals surface area (Å²) < 4.78 is 28.4. The Morgan fingerprint density at radius 3 is 2.36 bits per heavy atom. The smallest absolute Gasteiger partial charge is 0.271 e. The van der Waals surface area contributed by atoms with Gasteiger partial charge in [0.15, 0.2) is 0 Å². The van der Waals surface area contributed by atoms with Crippen LogP contribution < -0.4 is 9.73 Å². The molecule has 1 N–H and O–H groups in total. The van der Waals surface area contributed by atoms with E-state index in [9.17, 15) is 23.3 Å².